The summed E-state index contributed by atoms with van der Waals surface area (Å²) in [7, 11) is 1.58. The van der Waals surface area contributed by atoms with Gasteiger partial charge in [0.1, 0.15) is 5.75 Å². The summed E-state index contributed by atoms with van der Waals surface area (Å²) in [6.07, 6.45) is 1.86. The second kappa shape index (κ2) is 4.63. The van der Waals surface area contributed by atoms with Crippen LogP contribution in [0.2, 0.25) is 5.02 Å². The van der Waals surface area contributed by atoms with Gasteiger partial charge in [-0.05, 0) is 24.1 Å². The maximum Gasteiger partial charge on any atom is 0.138 e. The van der Waals surface area contributed by atoms with Gasteiger partial charge in [0.15, 0.2) is 0 Å². The molecule has 0 fully saturated rings. The molecule has 1 aliphatic rings. The van der Waals surface area contributed by atoms with Crippen molar-refractivity contribution in [2.45, 2.75) is 26.1 Å². The van der Waals surface area contributed by atoms with Gasteiger partial charge < -0.3 is 15.2 Å². The number of nitrogens with zero attached hydrogens (tertiary/aromatic N) is 1. The molecule has 1 atom stereocenters. The summed E-state index contributed by atoms with van der Waals surface area (Å²) in [4.78, 5) is 4.45. The molecule has 2 aromatic rings. The monoisotopic (exact) mass is 278 g/mol. The largest absolute Gasteiger partial charge is 0.495 e. The molecule has 100 valence electrons. The highest BCUT2D eigenvalue weighted by molar-refractivity contribution is 6.33. The summed E-state index contributed by atoms with van der Waals surface area (Å²) in [6.45, 7) is 2.78. The van der Waals surface area contributed by atoms with Crippen LogP contribution in [0.3, 0.4) is 0 Å². The van der Waals surface area contributed by atoms with Crippen LogP contribution in [0.1, 0.15) is 29.7 Å². The molecular weight excluding hydrogens is 264 g/mol. The second-order valence-corrected chi connectivity index (χ2v) is 5.10. The summed E-state index contributed by atoms with van der Waals surface area (Å²) in [5.41, 5.74) is 3.78. The van der Waals surface area contributed by atoms with E-state index in [1.165, 1.54) is 11.1 Å². The first-order valence-corrected chi connectivity index (χ1v) is 6.56. The predicted octanol–water partition coefficient (Wildman–Crippen LogP) is 2.55. The fraction of sp³-hybridized carbons (Fsp3) is 0.357. The molecule has 19 heavy (non-hydrogen) atoms. The third-order valence-electron chi connectivity index (χ3n) is 3.69. The zero-order chi connectivity index (χ0) is 13.6. The molecule has 1 aliphatic heterocycles. The van der Waals surface area contributed by atoms with Crippen LogP contribution in [0.5, 0.6) is 5.75 Å². The van der Waals surface area contributed by atoms with Gasteiger partial charge in [-0.25, -0.2) is 0 Å². The van der Waals surface area contributed by atoms with E-state index >= 15 is 0 Å². The van der Waals surface area contributed by atoms with E-state index in [-0.39, 0.29) is 12.6 Å². The molecule has 1 aromatic heterocycles. The molecule has 0 spiro atoms. The standard InChI is InChI=1S/C14H15ClN2O2/c1-7-12-8(4-16-7)5-17-14-9(12)3-11(19-2)13(15)10(14)6-18/h3,5,7,16,18H,4,6H2,1-2H3/t7-/m0/s1. The number of nitrogens with one attached hydrogen (secondary N) is 1. The Morgan fingerprint density at radius 2 is 2.37 bits per heavy atom. The number of ether oxygens (including phenoxy) is 1. The summed E-state index contributed by atoms with van der Waals surface area (Å²) in [6, 6.07) is 2.17. The molecule has 0 radical (unpaired) electrons. The topological polar surface area (TPSA) is 54.4 Å². The van der Waals surface area contributed by atoms with E-state index in [9.17, 15) is 5.11 Å². The number of hydrogen-bond acceptors (Lipinski definition) is 4. The second-order valence-electron chi connectivity index (χ2n) is 4.73. The van der Waals surface area contributed by atoms with Crippen LogP contribution in [0, 0.1) is 0 Å². The van der Waals surface area contributed by atoms with Gasteiger partial charge in [0.25, 0.3) is 0 Å². The Labute approximate surface area is 116 Å². The van der Waals surface area contributed by atoms with Gasteiger partial charge in [-0.3, -0.25) is 4.98 Å². The van der Waals surface area contributed by atoms with Gasteiger partial charge >= 0.3 is 0 Å². The van der Waals surface area contributed by atoms with E-state index in [1.54, 1.807) is 7.11 Å². The van der Waals surface area contributed by atoms with Gasteiger partial charge in [-0.2, -0.15) is 0 Å². The molecule has 2 heterocycles. The van der Waals surface area contributed by atoms with Crippen LogP contribution >= 0.6 is 11.6 Å². The molecule has 0 saturated heterocycles. The maximum atomic E-state index is 9.56. The Balaban J connectivity index is 2.41. The van der Waals surface area contributed by atoms with Crippen molar-refractivity contribution in [3.63, 3.8) is 0 Å². The van der Waals surface area contributed by atoms with Gasteiger partial charge in [-0.15, -0.1) is 0 Å². The first-order chi connectivity index (χ1) is 9.17. The minimum absolute atomic E-state index is 0.153. The Kier molecular flexibility index (Phi) is 3.09. The maximum absolute atomic E-state index is 9.56. The van der Waals surface area contributed by atoms with Crippen molar-refractivity contribution in [3.05, 3.63) is 34.0 Å². The van der Waals surface area contributed by atoms with Crippen LogP contribution in [-0.2, 0) is 13.2 Å². The van der Waals surface area contributed by atoms with Crippen molar-refractivity contribution in [3.8, 4) is 5.75 Å². The van der Waals surface area contributed by atoms with Crippen LogP contribution in [0.15, 0.2) is 12.3 Å². The van der Waals surface area contributed by atoms with Crippen molar-refractivity contribution in [1.82, 2.24) is 10.3 Å². The Morgan fingerprint density at radius 1 is 1.58 bits per heavy atom. The van der Waals surface area contributed by atoms with Crippen molar-refractivity contribution < 1.29 is 9.84 Å². The number of aromatic nitrogens is 1. The quantitative estimate of drug-likeness (QED) is 0.886. The number of hydrogen-bond donors (Lipinski definition) is 2. The number of fused-ring (bicyclic) bond motifs is 3. The third kappa shape index (κ3) is 1.79. The lowest BCUT2D eigenvalue weighted by Gasteiger charge is -2.14. The molecule has 0 amide bonds. The van der Waals surface area contributed by atoms with Gasteiger partial charge in [-0.1, -0.05) is 11.6 Å². The lowest BCUT2D eigenvalue weighted by molar-refractivity contribution is 0.282. The summed E-state index contributed by atoms with van der Waals surface area (Å²) in [5, 5.41) is 14.4. The zero-order valence-electron chi connectivity index (χ0n) is 10.8. The van der Waals surface area contributed by atoms with Crippen molar-refractivity contribution in [1.29, 1.82) is 0 Å². The lowest BCUT2D eigenvalue weighted by atomic mass is 9.99. The van der Waals surface area contributed by atoms with E-state index in [0.717, 1.165) is 17.4 Å². The lowest BCUT2D eigenvalue weighted by Crippen LogP contribution is -2.07. The fourth-order valence-electron chi connectivity index (χ4n) is 2.73. The minimum Gasteiger partial charge on any atom is -0.495 e. The SMILES string of the molecule is COc1cc2c3c(cnc2c(CO)c1Cl)CN[C@H]3C. The molecule has 0 unspecified atom stereocenters. The molecule has 5 heteroatoms. The van der Waals surface area contributed by atoms with E-state index in [1.807, 2.05) is 12.3 Å². The van der Waals surface area contributed by atoms with Crippen LogP contribution < -0.4 is 10.1 Å². The smallest absolute Gasteiger partial charge is 0.138 e. The Morgan fingerprint density at radius 3 is 3.05 bits per heavy atom. The molecule has 0 bridgehead atoms. The highest BCUT2D eigenvalue weighted by atomic mass is 35.5. The minimum atomic E-state index is -0.153. The van der Waals surface area contributed by atoms with Gasteiger partial charge in [0.2, 0.25) is 0 Å². The first kappa shape index (κ1) is 12.7. The van der Waals surface area contributed by atoms with Crippen LogP contribution in [-0.4, -0.2) is 17.2 Å². The number of aliphatic hydroxyl groups is 1. The van der Waals surface area contributed by atoms with Crippen molar-refractivity contribution in [2.75, 3.05) is 7.11 Å². The van der Waals surface area contributed by atoms with E-state index in [2.05, 4.69) is 17.2 Å². The molecule has 0 aliphatic carbocycles. The van der Waals surface area contributed by atoms with Crippen LogP contribution in [0.4, 0.5) is 0 Å². The first-order valence-electron chi connectivity index (χ1n) is 6.18. The molecule has 3 rings (SSSR count). The number of rotatable bonds is 2. The molecular formula is C14H15ClN2O2. The third-order valence-corrected chi connectivity index (χ3v) is 4.11. The average Bonchev–Trinajstić information content (AvgIpc) is 2.80. The Bertz CT molecular complexity index is 658. The van der Waals surface area contributed by atoms with Gasteiger partial charge in [0.05, 0.1) is 24.3 Å². The van der Waals surface area contributed by atoms with E-state index < -0.39 is 0 Å². The zero-order valence-corrected chi connectivity index (χ0v) is 11.6. The molecule has 1 aromatic carbocycles. The summed E-state index contributed by atoms with van der Waals surface area (Å²) < 4.78 is 5.30. The normalized spacial score (nSPS) is 17.8. The molecule has 0 saturated carbocycles. The van der Waals surface area contributed by atoms with Gasteiger partial charge in [0, 0.05) is 29.7 Å². The number of halogens is 1. The average molecular weight is 279 g/mol. The predicted molar refractivity (Wildman–Crippen MR) is 74.5 cm³/mol. The van der Waals surface area contributed by atoms with E-state index in [4.69, 9.17) is 16.3 Å². The summed E-state index contributed by atoms with van der Waals surface area (Å²) >= 11 is 6.23. The van der Waals surface area contributed by atoms with E-state index in [0.29, 0.717) is 16.3 Å². The highest BCUT2D eigenvalue weighted by Gasteiger charge is 2.24. The number of aliphatic hydroxyl groups excluding tert-OH is 1. The Hall–Kier alpha value is -1.36. The number of pyridine rings is 1. The molecule has 2 N–H and O–H groups in total. The van der Waals surface area contributed by atoms with Crippen LogP contribution in [0.25, 0.3) is 10.9 Å². The number of methoxy groups -OCH3 is 1. The van der Waals surface area contributed by atoms with Crippen molar-refractivity contribution in [2.24, 2.45) is 0 Å². The van der Waals surface area contributed by atoms with Crippen molar-refractivity contribution >= 4 is 22.5 Å². The summed E-state index contributed by atoms with van der Waals surface area (Å²) in [5.74, 6) is 0.576. The highest BCUT2D eigenvalue weighted by Crippen LogP contribution is 2.39. The fourth-order valence-corrected chi connectivity index (χ4v) is 3.01. The number of benzene rings is 1. The molecule has 4 nitrogen and oxygen atoms in total.